The highest BCUT2D eigenvalue weighted by atomic mass is 19.4. The maximum atomic E-state index is 12.3. The Morgan fingerprint density at radius 1 is 1.10 bits per heavy atom. The Bertz CT molecular complexity index is 684. The molecule has 0 bridgehead atoms. The summed E-state index contributed by atoms with van der Waals surface area (Å²) < 4.78 is 46.3. The van der Waals surface area contributed by atoms with E-state index < -0.39 is 18.1 Å². The summed E-state index contributed by atoms with van der Waals surface area (Å²) in [6.45, 7) is 5.95. The number of nitrogens with one attached hydrogen (secondary N) is 2. The largest absolute Gasteiger partial charge is 0.573 e. The van der Waals surface area contributed by atoms with E-state index in [0.717, 1.165) is 37.7 Å². The fraction of sp³-hybridized carbons (Fsp3) is 0.591. The van der Waals surface area contributed by atoms with E-state index in [1.165, 1.54) is 12.1 Å². The van der Waals surface area contributed by atoms with Gasteiger partial charge < -0.3 is 20.1 Å². The van der Waals surface area contributed by atoms with Gasteiger partial charge in [0, 0.05) is 18.6 Å². The van der Waals surface area contributed by atoms with Crippen LogP contribution in [0.5, 0.6) is 5.75 Å². The van der Waals surface area contributed by atoms with Gasteiger partial charge in [0.1, 0.15) is 11.4 Å². The molecule has 2 atom stereocenters. The van der Waals surface area contributed by atoms with E-state index in [1.54, 1.807) is 12.1 Å². The molecule has 0 spiro atoms. The molecule has 30 heavy (non-hydrogen) atoms. The molecule has 168 valence electrons. The molecule has 1 aromatic carbocycles. The summed E-state index contributed by atoms with van der Waals surface area (Å²) in [6.07, 6.45) is 7.40. The predicted molar refractivity (Wildman–Crippen MR) is 110 cm³/mol. The minimum absolute atomic E-state index is 0.0742. The summed E-state index contributed by atoms with van der Waals surface area (Å²) in [7, 11) is 0. The average Bonchev–Trinajstić information content (AvgIpc) is 2.84. The Labute approximate surface area is 176 Å². The number of alkyl halides is 3. The van der Waals surface area contributed by atoms with Crippen molar-refractivity contribution in [1.29, 1.82) is 0 Å². The van der Waals surface area contributed by atoms with Crippen molar-refractivity contribution in [3.63, 3.8) is 0 Å². The topological polar surface area (TPSA) is 59.6 Å². The van der Waals surface area contributed by atoms with Crippen LogP contribution in [0.3, 0.4) is 0 Å². The first-order chi connectivity index (χ1) is 14.0. The third-order valence-electron chi connectivity index (χ3n) is 4.42. The van der Waals surface area contributed by atoms with E-state index in [2.05, 4.69) is 28.2 Å². The summed E-state index contributed by atoms with van der Waals surface area (Å²) in [4.78, 5) is 11.9. The van der Waals surface area contributed by atoms with Crippen LogP contribution in [0.15, 0.2) is 24.3 Å². The van der Waals surface area contributed by atoms with Crippen molar-refractivity contribution in [2.24, 2.45) is 0 Å². The molecule has 2 unspecified atom stereocenters. The number of hydrogen-bond donors (Lipinski definition) is 2. The van der Waals surface area contributed by atoms with E-state index >= 15 is 0 Å². The highest BCUT2D eigenvalue weighted by Gasteiger charge is 2.31. The number of halogens is 3. The molecule has 2 rings (SSSR count). The second-order valence-corrected chi connectivity index (χ2v) is 8.12. The van der Waals surface area contributed by atoms with Gasteiger partial charge in [-0.05, 0) is 70.6 Å². The van der Waals surface area contributed by atoms with E-state index in [4.69, 9.17) is 4.74 Å². The number of terminal acetylenes is 1. The van der Waals surface area contributed by atoms with Crippen LogP contribution >= 0.6 is 0 Å². The number of carbonyl (C=O) groups is 1. The van der Waals surface area contributed by atoms with E-state index in [-0.39, 0.29) is 17.8 Å². The first kappa shape index (κ1) is 25.6. The van der Waals surface area contributed by atoms with Crippen LogP contribution in [-0.2, 0) is 11.3 Å². The molecular weight excluding hydrogens is 397 g/mol. The molecule has 2 N–H and O–H groups in total. The van der Waals surface area contributed by atoms with Gasteiger partial charge in [-0.2, -0.15) is 0 Å². The standard InChI is InChI=1S/C20H29F3N2O3.C2H2/c1-19(2,3)28-18(26)25-16-8-5-7-15(10-11-16)24-13-14-6-4-9-17(12-14)27-20(21,22)23;1-2/h4,6,9,12,15-16,24H,5,7-8,10-11,13H2,1-3H3,(H,25,26);1-2H. The molecule has 1 aliphatic carbocycles. The lowest BCUT2D eigenvalue weighted by Crippen LogP contribution is -2.39. The molecule has 0 saturated heterocycles. The number of amides is 1. The zero-order valence-corrected chi connectivity index (χ0v) is 17.7. The quantitative estimate of drug-likeness (QED) is 0.503. The Morgan fingerprint density at radius 2 is 1.73 bits per heavy atom. The lowest BCUT2D eigenvalue weighted by atomic mass is 10.1. The molecule has 1 aliphatic rings. The zero-order chi connectivity index (χ0) is 22.8. The van der Waals surface area contributed by atoms with E-state index in [0.29, 0.717) is 6.54 Å². The number of hydrogen-bond acceptors (Lipinski definition) is 4. The van der Waals surface area contributed by atoms with Crippen LogP contribution in [-0.4, -0.2) is 30.1 Å². The molecule has 5 nitrogen and oxygen atoms in total. The minimum atomic E-state index is -4.69. The summed E-state index contributed by atoms with van der Waals surface area (Å²) in [5.74, 6) is -0.214. The molecule has 1 saturated carbocycles. The third kappa shape index (κ3) is 11.0. The van der Waals surface area contributed by atoms with Crippen LogP contribution in [0.1, 0.15) is 58.4 Å². The smallest absolute Gasteiger partial charge is 0.444 e. The highest BCUT2D eigenvalue weighted by molar-refractivity contribution is 5.68. The van der Waals surface area contributed by atoms with Crippen molar-refractivity contribution >= 4 is 6.09 Å². The number of alkyl carbamates (subject to hydrolysis) is 1. The Balaban J connectivity index is 0.00000218. The van der Waals surface area contributed by atoms with Crippen LogP contribution in [0.4, 0.5) is 18.0 Å². The van der Waals surface area contributed by atoms with Gasteiger partial charge in [0.25, 0.3) is 0 Å². The monoisotopic (exact) mass is 428 g/mol. The Hall–Kier alpha value is -2.40. The SMILES string of the molecule is C#C.CC(C)(C)OC(=O)NC1CCCC(NCc2cccc(OC(F)(F)F)c2)CC1. The van der Waals surface area contributed by atoms with E-state index in [1.807, 2.05) is 20.8 Å². The minimum Gasteiger partial charge on any atom is -0.444 e. The van der Waals surface area contributed by atoms with Gasteiger partial charge in [0.05, 0.1) is 0 Å². The second-order valence-electron chi connectivity index (χ2n) is 8.12. The lowest BCUT2D eigenvalue weighted by Gasteiger charge is -2.23. The average molecular weight is 428 g/mol. The van der Waals surface area contributed by atoms with Gasteiger partial charge in [-0.15, -0.1) is 26.0 Å². The fourth-order valence-electron chi connectivity index (χ4n) is 3.24. The van der Waals surface area contributed by atoms with Gasteiger partial charge in [0.2, 0.25) is 0 Å². The number of ether oxygens (including phenoxy) is 2. The van der Waals surface area contributed by atoms with Crippen molar-refractivity contribution in [3.8, 4) is 18.6 Å². The van der Waals surface area contributed by atoms with E-state index in [9.17, 15) is 18.0 Å². The van der Waals surface area contributed by atoms with Crippen LogP contribution in [0.25, 0.3) is 0 Å². The first-order valence-corrected chi connectivity index (χ1v) is 9.91. The molecule has 0 heterocycles. The van der Waals surface area contributed by atoms with Gasteiger partial charge in [-0.1, -0.05) is 12.1 Å². The maximum Gasteiger partial charge on any atom is 0.573 e. The van der Waals surface area contributed by atoms with Crippen molar-refractivity contribution in [3.05, 3.63) is 29.8 Å². The van der Waals surface area contributed by atoms with Crippen molar-refractivity contribution in [1.82, 2.24) is 10.6 Å². The van der Waals surface area contributed by atoms with Gasteiger partial charge in [-0.3, -0.25) is 0 Å². The molecule has 0 aliphatic heterocycles. The van der Waals surface area contributed by atoms with Crippen molar-refractivity contribution in [2.45, 2.75) is 83.5 Å². The van der Waals surface area contributed by atoms with Crippen LogP contribution in [0, 0.1) is 12.8 Å². The maximum absolute atomic E-state index is 12.3. The predicted octanol–water partition coefficient (Wildman–Crippen LogP) is 5.15. The molecule has 8 heteroatoms. The molecule has 1 aromatic rings. The molecule has 0 aromatic heterocycles. The molecule has 0 radical (unpaired) electrons. The first-order valence-electron chi connectivity index (χ1n) is 9.91. The van der Waals surface area contributed by atoms with Crippen molar-refractivity contribution < 1.29 is 27.4 Å². The summed E-state index contributed by atoms with van der Waals surface area (Å²) in [5, 5.41) is 6.33. The normalized spacial score (nSPS) is 19.6. The van der Waals surface area contributed by atoms with Crippen molar-refractivity contribution in [2.75, 3.05) is 0 Å². The lowest BCUT2D eigenvalue weighted by molar-refractivity contribution is -0.274. The van der Waals surface area contributed by atoms with Gasteiger partial charge in [-0.25, -0.2) is 4.79 Å². The van der Waals surface area contributed by atoms with Gasteiger partial charge >= 0.3 is 12.5 Å². The molecule has 1 amide bonds. The number of benzene rings is 1. The molecule has 1 fully saturated rings. The molecular formula is C22H31F3N2O3. The van der Waals surface area contributed by atoms with Crippen LogP contribution in [0.2, 0.25) is 0 Å². The number of carbonyl (C=O) groups excluding carboxylic acids is 1. The highest BCUT2D eigenvalue weighted by Crippen LogP contribution is 2.24. The Morgan fingerprint density at radius 3 is 2.37 bits per heavy atom. The Kier molecular flexibility index (Phi) is 10.00. The third-order valence-corrected chi connectivity index (χ3v) is 4.42. The summed E-state index contributed by atoms with van der Waals surface area (Å²) >= 11 is 0. The summed E-state index contributed by atoms with van der Waals surface area (Å²) in [6, 6.07) is 6.31. The summed E-state index contributed by atoms with van der Waals surface area (Å²) in [5.41, 5.74) is 0.206. The fourth-order valence-corrected chi connectivity index (χ4v) is 3.24. The number of rotatable bonds is 5. The zero-order valence-electron chi connectivity index (χ0n) is 17.7. The van der Waals surface area contributed by atoms with Gasteiger partial charge in [0.15, 0.2) is 0 Å². The van der Waals surface area contributed by atoms with Crippen LogP contribution < -0.4 is 15.4 Å². The second kappa shape index (κ2) is 11.7.